The fourth-order valence-corrected chi connectivity index (χ4v) is 3.36. The first-order valence-corrected chi connectivity index (χ1v) is 8.30. The summed E-state index contributed by atoms with van der Waals surface area (Å²) in [5.41, 5.74) is 0. The van der Waals surface area contributed by atoms with E-state index in [2.05, 4.69) is 27.1 Å². The van der Waals surface area contributed by atoms with Crippen LogP contribution in [0.15, 0.2) is 18.5 Å². The molecule has 0 saturated heterocycles. The molecule has 0 atom stereocenters. The molecule has 0 spiro atoms. The van der Waals surface area contributed by atoms with E-state index in [0.29, 0.717) is 31.6 Å². The van der Waals surface area contributed by atoms with Gasteiger partial charge in [0, 0.05) is 31.4 Å². The number of amides is 1. The van der Waals surface area contributed by atoms with Crippen LogP contribution >= 0.6 is 0 Å². The Morgan fingerprint density at radius 3 is 2.79 bits per heavy atom. The molecule has 1 aliphatic carbocycles. The molecule has 0 bridgehead atoms. The topological polar surface area (TPSA) is 86.0 Å². The predicted octanol–water partition coefficient (Wildman–Crippen LogP) is 1.04. The quantitative estimate of drug-likeness (QED) is 0.833. The van der Waals surface area contributed by atoms with Crippen molar-refractivity contribution in [1.82, 2.24) is 29.6 Å². The van der Waals surface area contributed by atoms with Crippen molar-refractivity contribution < 1.29 is 9.53 Å². The summed E-state index contributed by atoms with van der Waals surface area (Å²) in [5, 5.41) is 8.41. The molecule has 8 nitrogen and oxygen atoms in total. The Labute approximate surface area is 139 Å². The van der Waals surface area contributed by atoms with Crippen molar-refractivity contribution in [2.45, 2.75) is 39.5 Å². The summed E-state index contributed by atoms with van der Waals surface area (Å²) in [7, 11) is 0. The van der Waals surface area contributed by atoms with Crippen LogP contribution in [-0.2, 0) is 24.5 Å². The molecule has 2 aromatic rings. The largest absolute Gasteiger partial charge is 0.455 e. The molecule has 1 aliphatic heterocycles. The minimum atomic E-state index is 0.201. The highest BCUT2D eigenvalue weighted by Gasteiger charge is 2.36. The van der Waals surface area contributed by atoms with Gasteiger partial charge >= 0.3 is 6.01 Å². The molecule has 2 aliphatic rings. The van der Waals surface area contributed by atoms with Crippen molar-refractivity contribution in [3.63, 3.8) is 0 Å². The number of hydrogen-bond donors (Lipinski definition) is 0. The number of nitrogens with zero attached hydrogens (tertiary/aromatic N) is 6. The average molecular weight is 328 g/mol. The van der Waals surface area contributed by atoms with Gasteiger partial charge in [-0.05, 0) is 24.8 Å². The van der Waals surface area contributed by atoms with Gasteiger partial charge in [-0.25, -0.2) is 9.97 Å². The van der Waals surface area contributed by atoms with Crippen molar-refractivity contribution in [3.8, 4) is 6.01 Å². The summed E-state index contributed by atoms with van der Waals surface area (Å²) in [6.45, 7) is 4.39. The first kappa shape index (κ1) is 15.0. The van der Waals surface area contributed by atoms with E-state index in [4.69, 9.17) is 4.74 Å². The van der Waals surface area contributed by atoms with Gasteiger partial charge in [0.1, 0.15) is 0 Å². The lowest BCUT2D eigenvalue weighted by Gasteiger charge is -2.37. The molecule has 0 unspecified atom stereocenters. The van der Waals surface area contributed by atoms with Gasteiger partial charge < -0.3 is 14.2 Å². The van der Waals surface area contributed by atoms with Crippen molar-refractivity contribution >= 4 is 5.91 Å². The maximum atomic E-state index is 12.5. The summed E-state index contributed by atoms with van der Waals surface area (Å²) in [5.74, 6) is 2.69. The van der Waals surface area contributed by atoms with E-state index in [1.165, 1.54) is 0 Å². The summed E-state index contributed by atoms with van der Waals surface area (Å²) in [6, 6.07) is 2.06. The van der Waals surface area contributed by atoms with Gasteiger partial charge in [-0.2, -0.15) is 0 Å². The minimum absolute atomic E-state index is 0.201. The summed E-state index contributed by atoms with van der Waals surface area (Å²) < 4.78 is 7.57. The van der Waals surface area contributed by atoms with Crippen LogP contribution in [0.2, 0.25) is 0 Å². The van der Waals surface area contributed by atoms with Crippen molar-refractivity contribution in [2.75, 3.05) is 6.54 Å². The number of ether oxygens (including phenoxy) is 1. The second kappa shape index (κ2) is 6.18. The van der Waals surface area contributed by atoms with Crippen LogP contribution in [-0.4, -0.2) is 42.1 Å². The summed E-state index contributed by atoms with van der Waals surface area (Å²) in [6.07, 6.45) is 5.29. The summed E-state index contributed by atoms with van der Waals surface area (Å²) >= 11 is 0. The van der Waals surface area contributed by atoms with E-state index < -0.39 is 0 Å². The first-order chi connectivity index (χ1) is 11.7. The third-order valence-corrected chi connectivity index (χ3v) is 4.74. The highest BCUT2D eigenvalue weighted by molar-refractivity contribution is 5.79. The van der Waals surface area contributed by atoms with Crippen molar-refractivity contribution in [1.29, 1.82) is 0 Å². The van der Waals surface area contributed by atoms with Crippen molar-refractivity contribution in [2.24, 2.45) is 11.8 Å². The Morgan fingerprint density at radius 2 is 2.04 bits per heavy atom. The first-order valence-electron chi connectivity index (χ1n) is 8.30. The van der Waals surface area contributed by atoms with Gasteiger partial charge in [-0.15, -0.1) is 10.2 Å². The van der Waals surface area contributed by atoms with E-state index in [0.717, 1.165) is 24.5 Å². The Kier molecular flexibility index (Phi) is 3.87. The third-order valence-electron chi connectivity index (χ3n) is 4.74. The Morgan fingerprint density at radius 1 is 1.25 bits per heavy atom. The molecule has 0 N–H and O–H groups in total. The molecule has 0 radical (unpaired) electrons. The Hall–Kier alpha value is -2.51. The van der Waals surface area contributed by atoms with E-state index in [1.807, 2.05) is 9.47 Å². The number of aromatic nitrogens is 5. The van der Waals surface area contributed by atoms with Crippen LogP contribution in [0.25, 0.3) is 0 Å². The number of hydrogen-bond acceptors (Lipinski definition) is 6. The molecule has 3 heterocycles. The highest BCUT2D eigenvalue weighted by atomic mass is 16.5. The van der Waals surface area contributed by atoms with Crippen LogP contribution in [0, 0.1) is 11.8 Å². The van der Waals surface area contributed by atoms with E-state index in [9.17, 15) is 4.79 Å². The molecular weight excluding hydrogens is 308 g/mol. The number of fused-ring (bicyclic) bond motifs is 1. The van der Waals surface area contributed by atoms with Crippen LogP contribution in [0.1, 0.15) is 31.4 Å². The lowest BCUT2D eigenvalue weighted by molar-refractivity contribution is -0.141. The molecule has 0 aromatic carbocycles. The molecular formula is C16H20N6O2. The van der Waals surface area contributed by atoms with Gasteiger partial charge in [0.15, 0.2) is 18.3 Å². The van der Waals surface area contributed by atoms with Crippen LogP contribution in [0.3, 0.4) is 0 Å². The molecule has 24 heavy (non-hydrogen) atoms. The van der Waals surface area contributed by atoms with Gasteiger partial charge in [-0.3, -0.25) is 4.79 Å². The third kappa shape index (κ3) is 2.83. The van der Waals surface area contributed by atoms with E-state index >= 15 is 0 Å². The number of carbonyl (C=O) groups is 1. The smallest absolute Gasteiger partial charge is 0.316 e. The summed E-state index contributed by atoms with van der Waals surface area (Å²) in [4.78, 5) is 22.4. The van der Waals surface area contributed by atoms with E-state index in [1.54, 1.807) is 18.5 Å². The zero-order chi connectivity index (χ0) is 16.5. The van der Waals surface area contributed by atoms with Crippen LogP contribution in [0.5, 0.6) is 6.01 Å². The monoisotopic (exact) mass is 328 g/mol. The van der Waals surface area contributed by atoms with Gasteiger partial charge in [0.25, 0.3) is 0 Å². The minimum Gasteiger partial charge on any atom is -0.455 e. The average Bonchev–Trinajstić information content (AvgIpc) is 3.00. The van der Waals surface area contributed by atoms with Gasteiger partial charge in [0.2, 0.25) is 5.91 Å². The zero-order valence-corrected chi connectivity index (χ0v) is 13.6. The second-order valence-electron chi connectivity index (χ2n) is 6.54. The maximum absolute atomic E-state index is 12.5. The second-order valence-corrected chi connectivity index (χ2v) is 6.54. The lowest BCUT2D eigenvalue weighted by Crippen LogP contribution is -2.45. The molecule has 126 valence electrons. The molecule has 8 heteroatoms. The van der Waals surface area contributed by atoms with E-state index in [-0.39, 0.29) is 18.4 Å². The van der Waals surface area contributed by atoms with Crippen LogP contribution in [0.4, 0.5) is 0 Å². The van der Waals surface area contributed by atoms with Crippen LogP contribution < -0.4 is 4.74 Å². The molecule has 2 aromatic heterocycles. The van der Waals surface area contributed by atoms with Gasteiger partial charge in [0.05, 0.1) is 6.54 Å². The molecule has 1 amide bonds. The predicted molar refractivity (Wildman–Crippen MR) is 83.7 cm³/mol. The SMILES string of the molecule is CC1CC(C(=O)N2CCn3c(COc4ncccn4)nnc3C2)C1. The number of carbonyl (C=O) groups excluding carboxylic acids is 1. The molecule has 1 fully saturated rings. The normalized spacial score (nSPS) is 22.6. The lowest BCUT2D eigenvalue weighted by atomic mass is 9.75. The fourth-order valence-electron chi connectivity index (χ4n) is 3.36. The number of rotatable bonds is 4. The molecule has 4 rings (SSSR count). The fraction of sp³-hybridized carbons (Fsp3) is 0.562. The Bertz CT molecular complexity index is 725. The molecule has 1 saturated carbocycles. The van der Waals surface area contributed by atoms with Crippen molar-refractivity contribution in [3.05, 3.63) is 30.1 Å². The Balaban J connectivity index is 1.39. The maximum Gasteiger partial charge on any atom is 0.316 e. The highest BCUT2D eigenvalue weighted by Crippen LogP contribution is 2.35. The standard InChI is InChI=1S/C16H20N6O2/c1-11-7-12(8-11)15(23)21-5-6-22-13(9-21)19-20-14(22)10-24-16-17-3-2-4-18-16/h2-4,11-12H,5-10H2,1H3. The zero-order valence-electron chi connectivity index (χ0n) is 13.6. The van der Waals surface area contributed by atoms with Gasteiger partial charge in [-0.1, -0.05) is 6.92 Å².